The number of hydrogen-bond donors (Lipinski definition) is 0. The molecule has 0 heterocycles. The molecule has 0 spiro atoms. The number of hydrogen-bond acceptors (Lipinski definition) is 2. The van der Waals surface area contributed by atoms with Gasteiger partial charge in [-0.15, -0.1) is 0 Å². The van der Waals surface area contributed by atoms with Crippen molar-refractivity contribution in [3.63, 3.8) is 0 Å². The van der Waals surface area contributed by atoms with Gasteiger partial charge in [-0.1, -0.05) is 15.9 Å². The third kappa shape index (κ3) is 4.58. The van der Waals surface area contributed by atoms with Crippen molar-refractivity contribution in [1.82, 2.24) is 4.90 Å². The van der Waals surface area contributed by atoms with Crippen molar-refractivity contribution in [2.45, 2.75) is 12.8 Å². The second-order valence-corrected chi connectivity index (χ2v) is 6.64. The van der Waals surface area contributed by atoms with Gasteiger partial charge in [0.15, 0.2) is 0 Å². The number of carbonyl (C=O) groups is 1. The molecule has 0 radical (unpaired) electrons. The summed E-state index contributed by atoms with van der Waals surface area (Å²) in [4.78, 5) is 13.9. The Balaban J connectivity index is 1.83. The first-order chi connectivity index (χ1) is 9.08. The molecule has 1 aromatic rings. The Morgan fingerprint density at radius 2 is 2.16 bits per heavy atom. The lowest BCUT2D eigenvalue weighted by molar-refractivity contribution is 0.0680. The molecule has 0 bridgehead atoms. The molecule has 0 N–H and O–H groups in total. The third-order valence-electron chi connectivity index (χ3n) is 3.13. The van der Waals surface area contributed by atoms with E-state index in [2.05, 4.69) is 31.9 Å². The Morgan fingerprint density at radius 3 is 2.79 bits per heavy atom. The molecule has 1 aromatic carbocycles. The summed E-state index contributed by atoms with van der Waals surface area (Å²) in [5, 5.41) is 0. The molecule has 1 amide bonds. The van der Waals surface area contributed by atoms with Gasteiger partial charge in [0.25, 0.3) is 5.91 Å². The minimum absolute atomic E-state index is 0.00870. The van der Waals surface area contributed by atoms with Gasteiger partial charge in [-0.25, -0.2) is 0 Å². The quantitative estimate of drug-likeness (QED) is 0.693. The van der Waals surface area contributed by atoms with Crippen molar-refractivity contribution in [2.75, 3.05) is 26.8 Å². The van der Waals surface area contributed by atoms with Crippen LogP contribution < -0.4 is 0 Å². The summed E-state index contributed by atoms with van der Waals surface area (Å²) in [6.45, 7) is 2.06. The van der Waals surface area contributed by atoms with E-state index in [0.717, 1.165) is 21.5 Å². The van der Waals surface area contributed by atoms with E-state index in [1.54, 1.807) is 11.9 Å². The van der Waals surface area contributed by atoms with Crippen molar-refractivity contribution in [1.29, 1.82) is 0 Å². The number of halogens is 2. The molecule has 0 saturated heterocycles. The lowest BCUT2D eigenvalue weighted by Gasteiger charge is -2.18. The van der Waals surface area contributed by atoms with Crippen LogP contribution in [0.1, 0.15) is 23.2 Å². The van der Waals surface area contributed by atoms with Crippen molar-refractivity contribution in [3.8, 4) is 0 Å². The zero-order chi connectivity index (χ0) is 13.8. The third-order valence-corrected chi connectivity index (χ3v) is 4.28. The number of ether oxygens (including phenoxy) is 1. The Kier molecular flexibility index (Phi) is 5.42. The maximum atomic E-state index is 12.2. The first kappa shape index (κ1) is 15.0. The van der Waals surface area contributed by atoms with Crippen LogP contribution in [0.2, 0.25) is 0 Å². The smallest absolute Gasteiger partial charge is 0.254 e. The van der Waals surface area contributed by atoms with Crippen molar-refractivity contribution >= 4 is 37.8 Å². The van der Waals surface area contributed by atoms with Crippen LogP contribution in [0.3, 0.4) is 0 Å². The molecule has 19 heavy (non-hydrogen) atoms. The van der Waals surface area contributed by atoms with Crippen LogP contribution in [0.5, 0.6) is 0 Å². The highest BCUT2D eigenvalue weighted by molar-refractivity contribution is 9.11. The van der Waals surface area contributed by atoms with E-state index < -0.39 is 0 Å². The summed E-state index contributed by atoms with van der Waals surface area (Å²) >= 11 is 6.79. The Labute approximate surface area is 130 Å². The van der Waals surface area contributed by atoms with Crippen molar-refractivity contribution in [3.05, 3.63) is 32.7 Å². The fraction of sp³-hybridized carbons (Fsp3) is 0.500. The molecule has 5 heteroatoms. The zero-order valence-electron chi connectivity index (χ0n) is 10.9. The maximum absolute atomic E-state index is 12.2. The van der Waals surface area contributed by atoms with Gasteiger partial charge in [0.05, 0.1) is 12.2 Å². The lowest BCUT2D eigenvalue weighted by Crippen LogP contribution is -2.30. The average molecular weight is 391 g/mol. The number of carbonyl (C=O) groups excluding carboxylic acids is 1. The van der Waals surface area contributed by atoms with Gasteiger partial charge in [-0.3, -0.25) is 4.79 Å². The van der Waals surface area contributed by atoms with Crippen LogP contribution in [0.4, 0.5) is 0 Å². The first-order valence-electron chi connectivity index (χ1n) is 6.36. The van der Waals surface area contributed by atoms with Crippen molar-refractivity contribution < 1.29 is 9.53 Å². The minimum atomic E-state index is 0.00870. The largest absolute Gasteiger partial charge is 0.379 e. The van der Waals surface area contributed by atoms with E-state index in [-0.39, 0.29) is 5.91 Å². The Hall–Kier alpha value is -0.390. The standard InChI is InChI=1S/C14H17Br2NO2/c1-17(6-7-19-9-10-2-3-10)14(18)12-5-4-11(15)8-13(12)16/h4-5,8,10H,2-3,6-7,9H2,1H3. The molecule has 3 nitrogen and oxygen atoms in total. The molecular weight excluding hydrogens is 374 g/mol. The summed E-state index contributed by atoms with van der Waals surface area (Å²) in [7, 11) is 1.80. The summed E-state index contributed by atoms with van der Waals surface area (Å²) in [6, 6.07) is 5.57. The highest BCUT2D eigenvalue weighted by atomic mass is 79.9. The second kappa shape index (κ2) is 6.86. The SMILES string of the molecule is CN(CCOCC1CC1)C(=O)c1ccc(Br)cc1Br. The molecule has 1 saturated carbocycles. The number of rotatable bonds is 6. The number of likely N-dealkylation sites (N-methyl/N-ethyl adjacent to an activating group) is 1. The van der Waals surface area contributed by atoms with Gasteiger partial charge in [0.2, 0.25) is 0 Å². The van der Waals surface area contributed by atoms with Crippen LogP contribution in [-0.4, -0.2) is 37.6 Å². The van der Waals surface area contributed by atoms with Crippen molar-refractivity contribution in [2.24, 2.45) is 5.92 Å². The predicted molar refractivity (Wildman–Crippen MR) is 82.3 cm³/mol. The molecule has 0 aliphatic heterocycles. The first-order valence-corrected chi connectivity index (χ1v) is 7.95. The number of amides is 1. The second-order valence-electron chi connectivity index (χ2n) is 4.87. The van der Waals surface area contributed by atoms with E-state index in [1.165, 1.54) is 12.8 Å². The van der Waals surface area contributed by atoms with Crippen LogP contribution in [0, 0.1) is 5.92 Å². The summed E-state index contributed by atoms with van der Waals surface area (Å²) in [6.07, 6.45) is 2.58. The molecule has 0 aromatic heterocycles. The Bertz CT molecular complexity index is 461. The fourth-order valence-corrected chi connectivity index (χ4v) is 2.92. The van der Waals surface area contributed by atoms with Crippen LogP contribution >= 0.6 is 31.9 Å². The maximum Gasteiger partial charge on any atom is 0.254 e. The molecule has 0 unspecified atom stereocenters. The molecule has 1 aliphatic rings. The van der Waals surface area contributed by atoms with Gasteiger partial charge in [0, 0.05) is 29.1 Å². The summed E-state index contributed by atoms with van der Waals surface area (Å²) in [5.41, 5.74) is 0.674. The highest BCUT2D eigenvalue weighted by Crippen LogP contribution is 2.28. The van der Waals surface area contributed by atoms with E-state index in [4.69, 9.17) is 4.74 Å². The number of benzene rings is 1. The lowest BCUT2D eigenvalue weighted by atomic mass is 10.2. The van der Waals surface area contributed by atoms with E-state index in [1.807, 2.05) is 18.2 Å². The molecule has 2 rings (SSSR count). The van der Waals surface area contributed by atoms with Gasteiger partial charge < -0.3 is 9.64 Å². The van der Waals surface area contributed by atoms with Crippen LogP contribution in [0.25, 0.3) is 0 Å². The zero-order valence-corrected chi connectivity index (χ0v) is 14.0. The van der Waals surface area contributed by atoms with E-state index >= 15 is 0 Å². The normalized spacial score (nSPS) is 14.5. The fourth-order valence-electron chi connectivity index (χ4n) is 1.71. The van der Waals surface area contributed by atoms with Gasteiger partial charge in [-0.05, 0) is 52.9 Å². The molecular formula is C14H17Br2NO2. The molecule has 0 atom stereocenters. The minimum Gasteiger partial charge on any atom is -0.379 e. The number of nitrogens with zero attached hydrogens (tertiary/aromatic N) is 1. The van der Waals surface area contributed by atoms with E-state index in [9.17, 15) is 4.79 Å². The molecule has 104 valence electrons. The predicted octanol–water partition coefficient (Wildman–Crippen LogP) is 3.71. The van der Waals surface area contributed by atoms with Gasteiger partial charge >= 0.3 is 0 Å². The highest BCUT2D eigenvalue weighted by Gasteiger charge is 2.21. The van der Waals surface area contributed by atoms with Crippen LogP contribution in [0.15, 0.2) is 27.1 Å². The van der Waals surface area contributed by atoms with Crippen LogP contribution in [-0.2, 0) is 4.74 Å². The van der Waals surface area contributed by atoms with E-state index in [0.29, 0.717) is 18.7 Å². The summed E-state index contributed by atoms with van der Waals surface area (Å²) in [5.74, 6) is 0.774. The Morgan fingerprint density at radius 1 is 1.42 bits per heavy atom. The van der Waals surface area contributed by atoms with Gasteiger partial charge in [-0.2, -0.15) is 0 Å². The molecule has 1 aliphatic carbocycles. The molecule has 1 fully saturated rings. The monoisotopic (exact) mass is 389 g/mol. The van der Waals surface area contributed by atoms with Gasteiger partial charge in [0.1, 0.15) is 0 Å². The topological polar surface area (TPSA) is 29.5 Å². The average Bonchev–Trinajstić information content (AvgIpc) is 3.17. The summed E-state index contributed by atoms with van der Waals surface area (Å²) < 4.78 is 7.30.